The Balaban J connectivity index is 1.80. The molecule has 0 saturated carbocycles. The molecule has 2 aromatic rings. The number of carbonyl (C=O) groups is 1. The molecule has 1 aliphatic rings. The first-order valence-electron chi connectivity index (χ1n) is 9.38. The third kappa shape index (κ3) is 4.40. The number of hydrogen-bond donors (Lipinski definition) is 2. The summed E-state index contributed by atoms with van der Waals surface area (Å²) in [4.78, 5) is 12.9. The van der Waals surface area contributed by atoms with Crippen LogP contribution in [0.4, 0.5) is 0 Å². The van der Waals surface area contributed by atoms with E-state index in [-0.39, 0.29) is 31.3 Å². The van der Waals surface area contributed by atoms with Crippen LogP contribution in [0.3, 0.4) is 0 Å². The van der Waals surface area contributed by atoms with Crippen LogP contribution >= 0.6 is 0 Å². The highest BCUT2D eigenvalue weighted by atomic mass is 16.5. The van der Waals surface area contributed by atoms with E-state index in [9.17, 15) is 4.79 Å². The molecule has 1 aromatic carbocycles. The lowest BCUT2D eigenvalue weighted by atomic mass is 10.0. The van der Waals surface area contributed by atoms with E-state index in [0.29, 0.717) is 25.2 Å². The summed E-state index contributed by atoms with van der Waals surface area (Å²) in [6.45, 7) is 7.37. The van der Waals surface area contributed by atoms with Crippen LogP contribution in [0.5, 0.6) is 0 Å². The third-order valence-corrected chi connectivity index (χ3v) is 5.03. The summed E-state index contributed by atoms with van der Waals surface area (Å²) in [5, 5.41) is 12.1. The Morgan fingerprint density at radius 2 is 2.00 bits per heavy atom. The van der Waals surface area contributed by atoms with Gasteiger partial charge in [-0.05, 0) is 57.0 Å². The third-order valence-electron chi connectivity index (χ3n) is 5.03. The fourth-order valence-electron chi connectivity index (χ4n) is 3.54. The molecular weight excluding hydrogens is 344 g/mol. The molecule has 2 atom stereocenters. The second kappa shape index (κ2) is 8.69. The normalized spacial score (nSPS) is 19.9. The van der Waals surface area contributed by atoms with Gasteiger partial charge in [0.15, 0.2) is 0 Å². The van der Waals surface area contributed by atoms with Gasteiger partial charge in [-0.1, -0.05) is 6.07 Å². The average Bonchev–Trinajstić information content (AvgIpc) is 3.00. The van der Waals surface area contributed by atoms with Crippen molar-refractivity contribution in [3.63, 3.8) is 0 Å². The topological polar surface area (TPSA) is 72.7 Å². The maximum Gasteiger partial charge on any atom is 0.251 e. The number of nitrogens with one attached hydrogen (secondary N) is 1. The van der Waals surface area contributed by atoms with Gasteiger partial charge in [0.05, 0.1) is 25.9 Å². The molecule has 0 spiro atoms. The standard InChI is InChI=1S/C21H28N2O4/c1-14-4-7-17(12-19(14)23-15(2)5-6-16(23)3)21(25)22-18-8-10-26-13-20(18)27-11-9-24/h4-7,12,18,20,24H,8-11,13H2,1-3H3,(H,22,25)/t18-,20-/m1/s1. The molecule has 0 unspecified atom stereocenters. The molecule has 1 aliphatic heterocycles. The smallest absolute Gasteiger partial charge is 0.251 e. The van der Waals surface area contributed by atoms with Crippen molar-refractivity contribution < 1.29 is 19.4 Å². The molecule has 1 fully saturated rings. The van der Waals surface area contributed by atoms with E-state index in [1.807, 2.05) is 25.1 Å². The highest BCUT2D eigenvalue weighted by Gasteiger charge is 2.28. The average molecular weight is 372 g/mol. The van der Waals surface area contributed by atoms with E-state index in [4.69, 9.17) is 14.6 Å². The number of nitrogens with zero attached hydrogens (tertiary/aromatic N) is 1. The lowest BCUT2D eigenvalue weighted by molar-refractivity contribution is -0.0737. The number of aliphatic hydroxyl groups excluding tert-OH is 1. The molecule has 2 N–H and O–H groups in total. The number of benzene rings is 1. The quantitative estimate of drug-likeness (QED) is 0.816. The van der Waals surface area contributed by atoms with Crippen LogP contribution in [-0.2, 0) is 9.47 Å². The van der Waals surface area contributed by atoms with E-state index in [0.717, 1.165) is 22.6 Å². The molecule has 1 saturated heterocycles. The highest BCUT2D eigenvalue weighted by molar-refractivity contribution is 5.95. The number of carbonyl (C=O) groups excluding carboxylic acids is 1. The van der Waals surface area contributed by atoms with Gasteiger partial charge < -0.3 is 24.5 Å². The summed E-state index contributed by atoms with van der Waals surface area (Å²) in [5.41, 5.74) is 5.02. The fraction of sp³-hybridized carbons (Fsp3) is 0.476. The van der Waals surface area contributed by atoms with Gasteiger partial charge in [-0.3, -0.25) is 4.79 Å². The molecule has 3 rings (SSSR count). The minimum atomic E-state index is -0.242. The monoisotopic (exact) mass is 372 g/mol. The number of rotatable bonds is 6. The Hall–Kier alpha value is -2.15. The van der Waals surface area contributed by atoms with Crippen LogP contribution < -0.4 is 5.32 Å². The van der Waals surface area contributed by atoms with E-state index in [2.05, 4.69) is 35.9 Å². The van der Waals surface area contributed by atoms with Gasteiger partial charge in [-0.15, -0.1) is 0 Å². The Bertz CT molecular complexity index is 780. The minimum Gasteiger partial charge on any atom is -0.394 e. The lowest BCUT2D eigenvalue weighted by Crippen LogP contribution is -2.50. The van der Waals surface area contributed by atoms with Crippen molar-refractivity contribution in [3.05, 3.63) is 52.8 Å². The molecule has 1 aromatic heterocycles. The van der Waals surface area contributed by atoms with Gasteiger partial charge >= 0.3 is 0 Å². The predicted octanol–water partition coefficient (Wildman–Crippen LogP) is 2.30. The van der Waals surface area contributed by atoms with Crippen molar-refractivity contribution in [2.75, 3.05) is 26.4 Å². The summed E-state index contributed by atoms with van der Waals surface area (Å²) >= 11 is 0. The first-order valence-corrected chi connectivity index (χ1v) is 9.38. The first kappa shape index (κ1) is 19.6. The van der Waals surface area contributed by atoms with Gasteiger partial charge in [0.1, 0.15) is 6.10 Å². The van der Waals surface area contributed by atoms with Crippen molar-refractivity contribution in [1.82, 2.24) is 9.88 Å². The summed E-state index contributed by atoms with van der Waals surface area (Å²) in [7, 11) is 0. The zero-order valence-corrected chi connectivity index (χ0v) is 16.2. The molecular formula is C21H28N2O4. The highest BCUT2D eigenvalue weighted by Crippen LogP contribution is 2.22. The molecule has 0 aliphatic carbocycles. The Morgan fingerprint density at radius 3 is 2.70 bits per heavy atom. The number of aryl methyl sites for hydroxylation is 3. The number of aliphatic hydroxyl groups is 1. The molecule has 6 nitrogen and oxygen atoms in total. The van der Waals surface area contributed by atoms with Crippen LogP contribution in [0.2, 0.25) is 0 Å². The molecule has 0 bridgehead atoms. The maximum absolute atomic E-state index is 12.9. The summed E-state index contributed by atoms with van der Waals surface area (Å²) < 4.78 is 13.2. The minimum absolute atomic E-state index is 0.0476. The van der Waals surface area contributed by atoms with E-state index in [1.165, 1.54) is 0 Å². The second-order valence-electron chi connectivity index (χ2n) is 7.03. The van der Waals surface area contributed by atoms with Crippen LogP contribution in [0.1, 0.15) is 33.7 Å². The van der Waals surface area contributed by atoms with E-state index in [1.54, 1.807) is 0 Å². The predicted molar refractivity (Wildman–Crippen MR) is 103 cm³/mol. The number of ether oxygens (including phenoxy) is 2. The van der Waals surface area contributed by atoms with Crippen molar-refractivity contribution >= 4 is 5.91 Å². The van der Waals surface area contributed by atoms with Crippen LogP contribution in [0.15, 0.2) is 30.3 Å². The SMILES string of the molecule is Cc1ccc(C(=O)N[C@@H]2CCOC[C@H]2OCCO)cc1-n1c(C)ccc1C. The van der Waals surface area contributed by atoms with Crippen molar-refractivity contribution in [2.45, 2.75) is 39.3 Å². The number of aromatic nitrogens is 1. The van der Waals surface area contributed by atoms with Gasteiger partial charge in [0.2, 0.25) is 0 Å². The van der Waals surface area contributed by atoms with Crippen molar-refractivity contribution in [1.29, 1.82) is 0 Å². The number of hydrogen-bond acceptors (Lipinski definition) is 4. The Morgan fingerprint density at radius 1 is 1.26 bits per heavy atom. The largest absolute Gasteiger partial charge is 0.394 e. The first-order chi connectivity index (χ1) is 13.0. The summed E-state index contributed by atoms with van der Waals surface area (Å²) in [5.74, 6) is -0.122. The molecule has 146 valence electrons. The van der Waals surface area contributed by atoms with Gasteiger partial charge in [0, 0.05) is 29.2 Å². The zero-order chi connectivity index (χ0) is 19.4. The van der Waals surface area contributed by atoms with Crippen LogP contribution in [0.25, 0.3) is 5.69 Å². The van der Waals surface area contributed by atoms with Crippen LogP contribution in [0, 0.1) is 20.8 Å². The van der Waals surface area contributed by atoms with Crippen molar-refractivity contribution in [2.24, 2.45) is 0 Å². The molecule has 6 heteroatoms. The maximum atomic E-state index is 12.9. The van der Waals surface area contributed by atoms with E-state index >= 15 is 0 Å². The molecule has 27 heavy (non-hydrogen) atoms. The molecule has 0 radical (unpaired) electrons. The summed E-state index contributed by atoms with van der Waals surface area (Å²) in [6.07, 6.45) is 0.449. The van der Waals surface area contributed by atoms with Crippen molar-refractivity contribution in [3.8, 4) is 5.69 Å². The number of amides is 1. The Labute approximate surface area is 160 Å². The van der Waals surface area contributed by atoms with Gasteiger partial charge in [-0.2, -0.15) is 0 Å². The fourth-order valence-corrected chi connectivity index (χ4v) is 3.54. The second-order valence-corrected chi connectivity index (χ2v) is 7.03. The van der Waals surface area contributed by atoms with Crippen LogP contribution in [-0.4, -0.2) is 54.2 Å². The van der Waals surface area contributed by atoms with Gasteiger partial charge in [-0.25, -0.2) is 0 Å². The summed E-state index contributed by atoms with van der Waals surface area (Å²) in [6, 6.07) is 9.79. The Kier molecular flexibility index (Phi) is 6.31. The molecule has 2 heterocycles. The van der Waals surface area contributed by atoms with E-state index < -0.39 is 0 Å². The molecule has 1 amide bonds. The zero-order valence-electron chi connectivity index (χ0n) is 16.2. The van der Waals surface area contributed by atoms with Gasteiger partial charge in [0.25, 0.3) is 5.91 Å². The lowest BCUT2D eigenvalue weighted by Gasteiger charge is -2.32.